The van der Waals surface area contributed by atoms with Crippen LogP contribution in [0.25, 0.3) is 0 Å². The fraction of sp³-hybridized carbons (Fsp3) is 0.917. The lowest BCUT2D eigenvalue weighted by atomic mass is 10.0. The molecule has 2 atom stereocenters. The van der Waals surface area contributed by atoms with E-state index in [2.05, 4.69) is 12.2 Å². The van der Waals surface area contributed by atoms with Crippen molar-refractivity contribution in [1.82, 2.24) is 10.2 Å². The predicted molar refractivity (Wildman–Crippen MR) is 62.2 cm³/mol. The maximum Gasteiger partial charge on any atom is 0.224 e. The number of nitrogens with one attached hydrogen (secondary N) is 1. The summed E-state index contributed by atoms with van der Waals surface area (Å²) in [7, 11) is 0. The number of ether oxygens (including phenoxy) is 1. The minimum atomic E-state index is 0.269. The first-order valence-electron chi connectivity index (χ1n) is 6.37. The van der Waals surface area contributed by atoms with Crippen LogP contribution in [0.3, 0.4) is 0 Å². The Balaban J connectivity index is 1.66. The lowest BCUT2D eigenvalue weighted by Crippen LogP contribution is -2.32. The maximum atomic E-state index is 11.9. The highest BCUT2D eigenvalue weighted by atomic mass is 16.5. The molecular weight excluding hydrogens is 204 g/mol. The minimum absolute atomic E-state index is 0.269. The molecule has 2 rings (SSSR count). The van der Waals surface area contributed by atoms with Gasteiger partial charge >= 0.3 is 0 Å². The number of hydrogen-bond acceptors (Lipinski definition) is 3. The van der Waals surface area contributed by atoms with Crippen molar-refractivity contribution in [2.45, 2.75) is 19.8 Å². The van der Waals surface area contributed by atoms with Crippen LogP contribution in [-0.2, 0) is 9.53 Å². The van der Waals surface area contributed by atoms with Gasteiger partial charge in [-0.05, 0) is 18.3 Å². The summed E-state index contributed by atoms with van der Waals surface area (Å²) < 4.78 is 5.35. The number of likely N-dealkylation sites (tertiary alicyclic amines) is 1. The molecule has 16 heavy (non-hydrogen) atoms. The number of amides is 1. The smallest absolute Gasteiger partial charge is 0.224 e. The predicted octanol–water partition coefficient (Wildman–Crippen LogP) is 0.481. The molecule has 4 heteroatoms. The summed E-state index contributed by atoms with van der Waals surface area (Å²) in [6, 6.07) is 0. The fourth-order valence-corrected chi connectivity index (χ4v) is 2.62. The molecule has 2 aliphatic heterocycles. The van der Waals surface area contributed by atoms with Gasteiger partial charge in [-0.1, -0.05) is 6.92 Å². The SMILES string of the molecule is CCCOCCC(=O)N1C[C@H]2CNC[C@H]2C1. The second-order valence-corrected chi connectivity index (χ2v) is 4.84. The first kappa shape index (κ1) is 11.9. The molecule has 0 bridgehead atoms. The van der Waals surface area contributed by atoms with E-state index in [1.807, 2.05) is 4.90 Å². The third kappa shape index (κ3) is 2.74. The van der Waals surface area contributed by atoms with Gasteiger partial charge in [-0.15, -0.1) is 0 Å². The zero-order chi connectivity index (χ0) is 11.4. The molecule has 4 nitrogen and oxygen atoms in total. The van der Waals surface area contributed by atoms with E-state index in [1.165, 1.54) is 0 Å². The number of carbonyl (C=O) groups excluding carboxylic acids is 1. The number of hydrogen-bond donors (Lipinski definition) is 1. The number of rotatable bonds is 5. The highest BCUT2D eigenvalue weighted by Crippen LogP contribution is 2.26. The Labute approximate surface area is 97.3 Å². The van der Waals surface area contributed by atoms with Crippen LogP contribution in [0.4, 0.5) is 0 Å². The van der Waals surface area contributed by atoms with Gasteiger partial charge in [0.15, 0.2) is 0 Å². The third-order valence-electron chi connectivity index (χ3n) is 3.55. The molecule has 0 unspecified atom stereocenters. The van der Waals surface area contributed by atoms with Crippen LogP contribution in [0, 0.1) is 11.8 Å². The van der Waals surface area contributed by atoms with Crippen LogP contribution in [-0.4, -0.2) is 50.2 Å². The van der Waals surface area contributed by atoms with E-state index >= 15 is 0 Å². The van der Waals surface area contributed by atoms with E-state index in [-0.39, 0.29) is 5.91 Å². The molecule has 2 fully saturated rings. The van der Waals surface area contributed by atoms with Crippen molar-refractivity contribution in [3.8, 4) is 0 Å². The van der Waals surface area contributed by atoms with Crippen LogP contribution < -0.4 is 5.32 Å². The second kappa shape index (κ2) is 5.64. The van der Waals surface area contributed by atoms with E-state index < -0.39 is 0 Å². The largest absolute Gasteiger partial charge is 0.381 e. The van der Waals surface area contributed by atoms with Crippen LogP contribution in [0.2, 0.25) is 0 Å². The molecule has 1 amide bonds. The lowest BCUT2D eigenvalue weighted by molar-refractivity contribution is -0.131. The Morgan fingerprint density at radius 3 is 2.62 bits per heavy atom. The molecule has 0 radical (unpaired) electrons. The van der Waals surface area contributed by atoms with E-state index in [9.17, 15) is 4.79 Å². The molecular formula is C12H22N2O2. The van der Waals surface area contributed by atoms with E-state index in [0.717, 1.165) is 39.2 Å². The van der Waals surface area contributed by atoms with Gasteiger partial charge < -0.3 is 15.0 Å². The van der Waals surface area contributed by atoms with Crippen molar-refractivity contribution < 1.29 is 9.53 Å². The van der Waals surface area contributed by atoms with Gasteiger partial charge in [0.2, 0.25) is 5.91 Å². The van der Waals surface area contributed by atoms with E-state index in [1.54, 1.807) is 0 Å². The molecule has 1 N–H and O–H groups in total. The average Bonchev–Trinajstić information content (AvgIpc) is 2.83. The van der Waals surface area contributed by atoms with E-state index in [4.69, 9.17) is 4.74 Å². The summed E-state index contributed by atoms with van der Waals surface area (Å²) in [5.74, 6) is 1.66. The zero-order valence-corrected chi connectivity index (χ0v) is 10.1. The molecule has 2 saturated heterocycles. The molecule has 0 aliphatic carbocycles. The quantitative estimate of drug-likeness (QED) is 0.693. The zero-order valence-electron chi connectivity index (χ0n) is 10.1. The average molecular weight is 226 g/mol. The van der Waals surface area contributed by atoms with Gasteiger partial charge in [-0.25, -0.2) is 0 Å². The highest BCUT2D eigenvalue weighted by molar-refractivity contribution is 5.76. The first-order chi connectivity index (χ1) is 7.81. The molecule has 92 valence electrons. The molecule has 2 aliphatic rings. The highest BCUT2D eigenvalue weighted by Gasteiger charge is 2.37. The first-order valence-corrected chi connectivity index (χ1v) is 6.37. The molecule has 0 spiro atoms. The van der Waals surface area contributed by atoms with Crippen LogP contribution in [0.1, 0.15) is 19.8 Å². The molecule has 0 saturated carbocycles. The summed E-state index contributed by atoms with van der Waals surface area (Å²) in [6.45, 7) is 7.49. The van der Waals surface area contributed by atoms with Gasteiger partial charge in [0.1, 0.15) is 0 Å². The maximum absolute atomic E-state index is 11.9. The Morgan fingerprint density at radius 2 is 2.00 bits per heavy atom. The van der Waals surface area contributed by atoms with Crippen LogP contribution in [0.15, 0.2) is 0 Å². The summed E-state index contributed by atoms with van der Waals surface area (Å²) >= 11 is 0. The van der Waals surface area contributed by atoms with Gasteiger partial charge in [-0.2, -0.15) is 0 Å². The number of nitrogens with zero attached hydrogens (tertiary/aromatic N) is 1. The van der Waals surface area contributed by atoms with Crippen molar-refractivity contribution in [3.05, 3.63) is 0 Å². The topological polar surface area (TPSA) is 41.6 Å². The van der Waals surface area contributed by atoms with E-state index in [0.29, 0.717) is 24.9 Å². The number of fused-ring (bicyclic) bond motifs is 1. The Kier molecular flexibility index (Phi) is 4.18. The normalized spacial score (nSPS) is 28.4. The Bertz CT molecular complexity index is 233. The summed E-state index contributed by atoms with van der Waals surface area (Å²) in [5.41, 5.74) is 0. The van der Waals surface area contributed by atoms with Crippen molar-refractivity contribution >= 4 is 5.91 Å². The molecule has 0 aromatic rings. The molecule has 0 aromatic carbocycles. The van der Waals surface area contributed by atoms with Crippen molar-refractivity contribution in [3.63, 3.8) is 0 Å². The van der Waals surface area contributed by atoms with Crippen molar-refractivity contribution in [2.24, 2.45) is 11.8 Å². The molecule has 2 heterocycles. The monoisotopic (exact) mass is 226 g/mol. The van der Waals surface area contributed by atoms with Crippen LogP contribution in [0.5, 0.6) is 0 Å². The second-order valence-electron chi connectivity index (χ2n) is 4.84. The lowest BCUT2D eigenvalue weighted by Gasteiger charge is -2.17. The minimum Gasteiger partial charge on any atom is -0.381 e. The Morgan fingerprint density at radius 1 is 1.31 bits per heavy atom. The van der Waals surface area contributed by atoms with Gasteiger partial charge in [0.25, 0.3) is 0 Å². The van der Waals surface area contributed by atoms with Crippen molar-refractivity contribution in [1.29, 1.82) is 0 Å². The van der Waals surface area contributed by atoms with Gasteiger partial charge in [0.05, 0.1) is 13.0 Å². The number of carbonyl (C=O) groups is 1. The summed E-state index contributed by atoms with van der Waals surface area (Å²) in [6.07, 6.45) is 1.57. The van der Waals surface area contributed by atoms with Crippen LogP contribution >= 0.6 is 0 Å². The summed E-state index contributed by atoms with van der Waals surface area (Å²) in [5, 5.41) is 3.38. The van der Waals surface area contributed by atoms with Gasteiger partial charge in [-0.3, -0.25) is 4.79 Å². The van der Waals surface area contributed by atoms with Gasteiger partial charge in [0, 0.05) is 32.8 Å². The summed E-state index contributed by atoms with van der Waals surface area (Å²) in [4.78, 5) is 13.9. The standard InChI is InChI=1S/C12H22N2O2/c1-2-4-16-5-3-12(15)14-8-10-6-13-7-11(10)9-14/h10-11,13H,2-9H2,1H3/t10-,11+. The third-order valence-corrected chi connectivity index (χ3v) is 3.55. The Hall–Kier alpha value is -0.610. The van der Waals surface area contributed by atoms with Crippen molar-refractivity contribution in [2.75, 3.05) is 39.4 Å². The molecule has 0 aromatic heterocycles. The fourth-order valence-electron chi connectivity index (χ4n) is 2.62.